The highest BCUT2D eigenvalue weighted by Crippen LogP contribution is 2.36. The molecule has 3 saturated carbocycles. The average Bonchev–Trinajstić information content (AvgIpc) is 3.23. The Morgan fingerprint density at radius 2 is 2.04 bits per heavy atom. The van der Waals surface area contributed by atoms with Crippen molar-refractivity contribution in [1.82, 2.24) is 20.3 Å². The van der Waals surface area contributed by atoms with Crippen molar-refractivity contribution >= 4 is 5.91 Å². The van der Waals surface area contributed by atoms with Gasteiger partial charge in [-0.1, -0.05) is 36.5 Å². The number of aromatic nitrogens is 3. The minimum absolute atomic E-state index is 0.0624. The van der Waals surface area contributed by atoms with Crippen molar-refractivity contribution in [3.8, 4) is 0 Å². The zero-order valence-corrected chi connectivity index (χ0v) is 15.5. The fourth-order valence-electron chi connectivity index (χ4n) is 4.61. The maximum atomic E-state index is 12.2. The number of nitrogens with zero attached hydrogens (tertiary/aromatic N) is 3. The molecule has 0 saturated heterocycles. The van der Waals surface area contributed by atoms with Gasteiger partial charge >= 0.3 is 0 Å². The highest BCUT2D eigenvalue weighted by atomic mass is 16.3. The van der Waals surface area contributed by atoms with E-state index in [9.17, 15) is 9.90 Å². The molecule has 0 bridgehead atoms. The first-order chi connectivity index (χ1) is 12.6. The van der Waals surface area contributed by atoms with Gasteiger partial charge in [0.25, 0.3) is 0 Å². The molecule has 2 atom stereocenters. The third-order valence-electron chi connectivity index (χ3n) is 6.44. The van der Waals surface area contributed by atoms with Crippen LogP contribution in [0.2, 0.25) is 0 Å². The van der Waals surface area contributed by atoms with E-state index in [4.69, 9.17) is 0 Å². The highest BCUT2D eigenvalue weighted by Gasteiger charge is 2.35. The molecule has 2 N–H and O–H groups in total. The van der Waals surface area contributed by atoms with E-state index in [2.05, 4.69) is 15.6 Å². The normalized spacial score (nSPS) is 27.8. The molecule has 0 spiro atoms. The summed E-state index contributed by atoms with van der Waals surface area (Å²) in [4.78, 5) is 12.2. The van der Waals surface area contributed by atoms with Crippen LogP contribution in [-0.2, 0) is 16.9 Å². The first-order valence-corrected chi connectivity index (χ1v) is 10.3. The molecule has 26 heavy (non-hydrogen) atoms. The zero-order chi connectivity index (χ0) is 18.0. The molecule has 0 radical (unpaired) electrons. The summed E-state index contributed by atoms with van der Waals surface area (Å²) in [6.07, 6.45) is 15.2. The smallest absolute Gasteiger partial charge is 0.244 e. The molecule has 0 aromatic carbocycles. The molecule has 4 rings (SSSR count). The summed E-state index contributed by atoms with van der Waals surface area (Å²) in [6.45, 7) is 0.755. The van der Waals surface area contributed by atoms with Crippen LogP contribution in [0.5, 0.6) is 0 Å². The van der Waals surface area contributed by atoms with E-state index in [0.29, 0.717) is 11.6 Å². The number of nitrogens with one attached hydrogen (secondary N) is 1. The van der Waals surface area contributed by atoms with E-state index in [0.717, 1.165) is 64.3 Å². The lowest BCUT2D eigenvalue weighted by molar-refractivity contribution is -0.117. The predicted molar refractivity (Wildman–Crippen MR) is 98.2 cm³/mol. The Balaban J connectivity index is 1.36. The van der Waals surface area contributed by atoms with E-state index < -0.39 is 5.60 Å². The Hall–Kier alpha value is -1.69. The van der Waals surface area contributed by atoms with Crippen LogP contribution < -0.4 is 5.32 Å². The molecule has 142 valence electrons. The second kappa shape index (κ2) is 7.51. The van der Waals surface area contributed by atoms with Gasteiger partial charge in [-0.05, 0) is 50.9 Å². The number of amides is 1. The molecule has 0 aliphatic heterocycles. The van der Waals surface area contributed by atoms with Gasteiger partial charge in [-0.25, -0.2) is 0 Å². The van der Waals surface area contributed by atoms with Gasteiger partial charge in [-0.2, -0.15) is 0 Å². The Bertz CT molecular complexity index is 669. The molecule has 1 amide bonds. The van der Waals surface area contributed by atoms with Gasteiger partial charge < -0.3 is 10.4 Å². The maximum Gasteiger partial charge on any atom is 0.244 e. The first-order valence-electron chi connectivity index (χ1n) is 10.3. The van der Waals surface area contributed by atoms with Crippen molar-refractivity contribution in [2.45, 2.75) is 88.8 Å². The van der Waals surface area contributed by atoms with Gasteiger partial charge in [0.2, 0.25) is 5.91 Å². The van der Waals surface area contributed by atoms with E-state index in [1.165, 1.54) is 18.4 Å². The second-order valence-corrected chi connectivity index (χ2v) is 8.38. The van der Waals surface area contributed by atoms with Crippen LogP contribution >= 0.6 is 0 Å². The second-order valence-electron chi connectivity index (χ2n) is 8.38. The molecule has 1 aromatic rings. The van der Waals surface area contributed by atoms with E-state index in [1.54, 1.807) is 6.08 Å². The van der Waals surface area contributed by atoms with Crippen LogP contribution in [0.15, 0.2) is 17.8 Å². The monoisotopic (exact) mass is 358 g/mol. The quantitative estimate of drug-likeness (QED) is 0.793. The van der Waals surface area contributed by atoms with Crippen LogP contribution in [0.25, 0.3) is 0 Å². The summed E-state index contributed by atoms with van der Waals surface area (Å²) < 4.78 is 1.86. The molecule has 3 fully saturated rings. The Labute approximate surface area is 155 Å². The van der Waals surface area contributed by atoms with Crippen LogP contribution in [0.3, 0.4) is 0 Å². The lowest BCUT2D eigenvalue weighted by Crippen LogP contribution is -2.38. The van der Waals surface area contributed by atoms with Crippen LogP contribution in [0.4, 0.5) is 0 Å². The number of hydrogen-bond acceptors (Lipinski definition) is 4. The van der Waals surface area contributed by atoms with Gasteiger partial charge in [0, 0.05) is 18.7 Å². The molecule has 1 heterocycles. The Morgan fingerprint density at radius 3 is 2.77 bits per heavy atom. The summed E-state index contributed by atoms with van der Waals surface area (Å²) in [5.74, 6) is 0.446. The van der Waals surface area contributed by atoms with Crippen molar-refractivity contribution < 1.29 is 9.90 Å². The van der Waals surface area contributed by atoms with Crippen LogP contribution in [0.1, 0.15) is 76.3 Å². The molecule has 6 heteroatoms. The van der Waals surface area contributed by atoms with Gasteiger partial charge in [0.15, 0.2) is 0 Å². The van der Waals surface area contributed by atoms with Crippen molar-refractivity contribution in [1.29, 1.82) is 0 Å². The van der Waals surface area contributed by atoms with E-state index in [1.807, 2.05) is 10.9 Å². The lowest BCUT2D eigenvalue weighted by Gasteiger charge is -2.29. The molecular formula is C20H30N4O2. The van der Waals surface area contributed by atoms with Gasteiger partial charge in [-0.15, -0.1) is 5.10 Å². The third kappa shape index (κ3) is 3.85. The summed E-state index contributed by atoms with van der Waals surface area (Å²) in [7, 11) is 0. The first kappa shape index (κ1) is 17.7. The molecule has 1 aromatic heterocycles. The van der Waals surface area contributed by atoms with Crippen molar-refractivity contribution in [2.75, 3.05) is 0 Å². The minimum Gasteiger partial charge on any atom is -0.383 e. The van der Waals surface area contributed by atoms with Gasteiger partial charge in [0.05, 0.1) is 6.20 Å². The standard InChI is InChI=1S/C20H30N4O2/c25-19(12-15-6-4-7-15)21-17-9-5-8-16(17)13-24-14-18(22-23-24)20(26)10-2-1-3-11-20/h12,14,16-17,26H,1-11,13H2,(H,21,25)/t16-,17-/m0/s1. The Kier molecular flexibility index (Phi) is 5.11. The number of allylic oxidation sites excluding steroid dienone is 1. The molecule has 3 aliphatic rings. The fourth-order valence-corrected chi connectivity index (χ4v) is 4.61. The number of hydrogen-bond donors (Lipinski definition) is 2. The topological polar surface area (TPSA) is 80.0 Å². The summed E-state index contributed by atoms with van der Waals surface area (Å²) in [5, 5.41) is 22.6. The van der Waals surface area contributed by atoms with Crippen molar-refractivity contribution in [3.05, 3.63) is 23.5 Å². The van der Waals surface area contributed by atoms with Gasteiger partial charge in [-0.3, -0.25) is 9.48 Å². The lowest BCUT2D eigenvalue weighted by atomic mass is 9.83. The highest BCUT2D eigenvalue weighted by molar-refractivity contribution is 5.88. The largest absolute Gasteiger partial charge is 0.383 e. The number of carbonyl (C=O) groups excluding carboxylic acids is 1. The van der Waals surface area contributed by atoms with Crippen molar-refractivity contribution in [3.63, 3.8) is 0 Å². The number of aliphatic hydroxyl groups is 1. The van der Waals surface area contributed by atoms with Crippen LogP contribution in [-0.4, -0.2) is 32.0 Å². The fraction of sp³-hybridized carbons (Fsp3) is 0.750. The number of carbonyl (C=O) groups is 1. The average molecular weight is 358 g/mol. The maximum absolute atomic E-state index is 12.2. The van der Waals surface area contributed by atoms with E-state index in [-0.39, 0.29) is 11.9 Å². The Morgan fingerprint density at radius 1 is 1.23 bits per heavy atom. The molecule has 0 unspecified atom stereocenters. The third-order valence-corrected chi connectivity index (χ3v) is 6.44. The van der Waals surface area contributed by atoms with Gasteiger partial charge in [0.1, 0.15) is 11.3 Å². The summed E-state index contributed by atoms with van der Waals surface area (Å²) in [5.41, 5.74) is 1.19. The molecule has 6 nitrogen and oxygen atoms in total. The minimum atomic E-state index is -0.797. The SMILES string of the molecule is O=C(C=C1CCC1)N[C@H]1CCC[C@H]1Cn1cc(C2(O)CCCCC2)nn1. The molecular weight excluding hydrogens is 328 g/mol. The molecule has 3 aliphatic carbocycles. The number of rotatable bonds is 5. The summed E-state index contributed by atoms with van der Waals surface area (Å²) in [6, 6.07) is 0.213. The zero-order valence-electron chi connectivity index (χ0n) is 15.5. The van der Waals surface area contributed by atoms with Crippen LogP contribution in [0, 0.1) is 5.92 Å². The van der Waals surface area contributed by atoms with E-state index >= 15 is 0 Å². The predicted octanol–water partition coefficient (Wildman–Crippen LogP) is 2.83. The van der Waals surface area contributed by atoms with Crippen molar-refractivity contribution in [2.24, 2.45) is 5.92 Å². The summed E-state index contributed by atoms with van der Waals surface area (Å²) >= 11 is 0.